The van der Waals surface area contributed by atoms with Crippen LogP contribution < -0.4 is 10.6 Å². The van der Waals surface area contributed by atoms with E-state index in [-0.39, 0.29) is 0 Å². The Morgan fingerprint density at radius 1 is 1.46 bits per heavy atom. The van der Waals surface area contributed by atoms with Crippen LogP contribution in [-0.4, -0.2) is 22.1 Å². The van der Waals surface area contributed by atoms with Crippen molar-refractivity contribution in [2.75, 3.05) is 17.2 Å². The Morgan fingerprint density at radius 3 is 2.92 bits per heavy atom. The molecule has 0 unspecified atom stereocenters. The van der Waals surface area contributed by atoms with Gasteiger partial charge in [-0.15, -0.1) is 0 Å². The lowest BCUT2D eigenvalue weighted by molar-refractivity contribution is 0.535. The fourth-order valence-electron chi connectivity index (χ4n) is 1.88. The molecule has 13 heavy (non-hydrogen) atoms. The smallest absolute Gasteiger partial charge is 0.201 e. The molecule has 72 valence electrons. The SMILES string of the molecule is CC(C)N1CCCn2c1cnc2N. The zero-order valence-corrected chi connectivity index (χ0v) is 8.20. The molecule has 4 nitrogen and oxygen atoms in total. The number of aromatic nitrogens is 2. The van der Waals surface area contributed by atoms with Gasteiger partial charge in [-0.1, -0.05) is 0 Å². The number of hydrogen-bond donors (Lipinski definition) is 1. The zero-order chi connectivity index (χ0) is 9.42. The summed E-state index contributed by atoms with van der Waals surface area (Å²) >= 11 is 0. The van der Waals surface area contributed by atoms with Crippen molar-refractivity contribution in [3.8, 4) is 0 Å². The van der Waals surface area contributed by atoms with E-state index in [9.17, 15) is 0 Å². The fourth-order valence-corrected chi connectivity index (χ4v) is 1.88. The van der Waals surface area contributed by atoms with Gasteiger partial charge in [-0.25, -0.2) is 4.98 Å². The van der Waals surface area contributed by atoms with Crippen molar-refractivity contribution in [2.45, 2.75) is 32.9 Å². The Morgan fingerprint density at radius 2 is 2.23 bits per heavy atom. The van der Waals surface area contributed by atoms with Crippen molar-refractivity contribution in [3.05, 3.63) is 6.20 Å². The molecule has 2 rings (SSSR count). The fraction of sp³-hybridized carbons (Fsp3) is 0.667. The van der Waals surface area contributed by atoms with Crippen LogP contribution in [0.25, 0.3) is 0 Å². The molecule has 0 fully saturated rings. The van der Waals surface area contributed by atoms with Crippen LogP contribution in [0.2, 0.25) is 0 Å². The van der Waals surface area contributed by atoms with E-state index >= 15 is 0 Å². The van der Waals surface area contributed by atoms with Gasteiger partial charge in [0.1, 0.15) is 5.82 Å². The van der Waals surface area contributed by atoms with E-state index in [1.165, 1.54) is 5.82 Å². The second-order valence-electron chi connectivity index (χ2n) is 3.77. The molecule has 0 aliphatic carbocycles. The summed E-state index contributed by atoms with van der Waals surface area (Å²) in [5, 5.41) is 0. The van der Waals surface area contributed by atoms with E-state index in [0.717, 1.165) is 19.5 Å². The highest BCUT2D eigenvalue weighted by atomic mass is 15.3. The second-order valence-corrected chi connectivity index (χ2v) is 3.77. The molecule has 1 aromatic heterocycles. The lowest BCUT2D eigenvalue weighted by atomic mass is 10.2. The lowest BCUT2D eigenvalue weighted by Gasteiger charge is -2.33. The van der Waals surface area contributed by atoms with Crippen molar-refractivity contribution < 1.29 is 0 Å². The van der Waals surface area contributed by atoms with Crippen LogP contribution in [-0.2, 0) is 6.54 Å². The number of rotatable bonds is 1. The third-order valence-corrected chi connectivity index (χ3v) is 2.56. The van der Waals surface area contributed by atoms with Gasteiger partial charge in [0, 0.05) is 19.1 Å². The van der Waals surface area contributed by atoms with Crippen molar-refractivity contribution in [1.29, 1.82) is 0 Å². The Bertz CT molecular complexity index is 303. The summed E-state index contributed by atoms with van der Waals surface area (Å²) in [6.07, 6.45) is 3.03. The molecule has 1 aliphatic heterocycles. The molecule has 0 radical (unpaired) electrons. The summed E-state index contributed by atoms with van der Waals surface area (Å²) < 4.78 is 2.09. The Balaban J connectivity index is 2.38. The van der Waals surface area contributed by atoms with Crippen molar-refractivity contribution in [3.63, 3.8) is 0 Å². The molecule has 0 bridgehead atoms. The number of nitrogen functional groups attached to an aromatic ring is 1. The second kappa shape index (κ2) is 2.94. The van der Waals surface area contributed by atoms with Crippen LogP contribution in [0, 0.1) is 0 Å². The van der Waals surface area contributed by atoms with Gasteiger partial charge in [0.25, 0.3) is 0 Å². The van der Waals surface area contributed by atoms with Crippen molar-refractivity contribution in [1.82, 2.24) is 9.55 Å². The number of hydrogen-bond acceptors (Lipinski definition) is 3. The maximum Gasteiger partial charge on any atom is 0.201 e. The monoisotopic (exact) mass is 180 g/mol. The Labute approximate surface area is 78.4 Å². The zero-order valence-electron chi connectivity index (χ0n) is 8.20. The third kappa shape index (κ3) is 1.26. The van der Waals surface area contributed by atoms with E-state index in [1.807, 2.05) is 6.20 Å². The van der Waals surface area contributed by atoms with E-state index in [0.29, 0.717) is 12.0 Å². The van der Waals surface area contributed by atoms with Gasteiger partial charge in [0.2, 0.25) is 5.95 Å². The number of nitrogens with zero attached hydrogens (tertiary/aromatic N) is 3. The summed E-state index contributed by atoms with van der Waals surface area (Å²) in [6.45, 7) is 6.50. The van der Waals surface area contributed by atoms with Gasteiger partial charge >= 0.3 is 0 Å². The minimum Gasteiger partial charge on any atom is -0.369 e. The summed E-state index contributed by atoms with van der Waals surface area (Å²) in [6, 6.07) is 0.523. The minimum atomic E-state index is 0.523. The van der Waals surface area contributed by atoms with Crippen LogP contribution in [0.15, 0.2) is 6.20 Å². The number of fused-ring (bicyclic) bond motifs is 1. The van der Waals surface area contributed by atoms with Crippen LogP contribution in [0.5, 0.6) is 0 Å². The first kappa shape index (κ1) is 8.41. The molecular formula is C9H16N4. The van der Waals surface area contributed by atoms with E-state index in [4.69, 9.17) is 5.73 Å². The molecule has 1 aliphatic rings. The summed E-state index contributed by atoms with van der Waals surface area (Å²) in [5.74, 6) is 1.80. The van der Waals surface area contributed by atoms with Crippen molar-refractivity contribution in [2.24, 2.45) is 0 Å². The molecule has 0 spiro atoms. The maximum absolute atomic E-state index is 5.75. The molecule has 2 N–H and O–H groups in total. The lowest BCUT2D eigenvalue weighted by Crippen LogP contribution is -2.37. The first-order valence-electron chi connectivity index (χ1n) is 4.78. The quantitative estimate of drug-likeness (QED) is 0.703. The van der Waals surface area contributed by atoms with Crippen LogP contribution >= 0.6 is 0 Å². The third-order valence-electron chi connectivity index (χ3n) is 2.56. The average Bonchev–Trinajstić information content (AvgIpc) is 2.48. The maximum atomic E-state index is 5.75. The minimum absolute atomic E-state index is 0.523. The topological polar surface area (TPSA) is 47.1 Å². The van der Waals surface area contributed by atoms with Crippen LogP contribution in [0.4, 0.5) is 11.8 Å². The molecule has 0 saturated carbocycles. The molecule has 1 aromatic rings. The standard InChI is InChI=1S/C9H16N4/c1-7(2)12-4-3-5-13-8(12)6-11-9(13)10/h6-7H,3-5H2,1-2H3,(H2,10,11). The predicted molar refractivity (Wildman–Crippen MR) is 53.7 cm³/mol. The van der Waals surface area contributed by atoms with Crippen LogP contribution in [0.1, 0.15) is 20.3 Å². The molecular weight excluding hydrogens is 164 g/mol. The molecule has 0 amide bonds. The van der Waals surface area contributed by atoms with E-state index in [2.05, 4.69) is 28.3 Å². The molecule has 0 aromatic carbocycles. The first-order valence-corrected chi connectivity index (χ1v) is 4.78. The highest BCUT2D eigenvalue weighted by Crippen LogP contribution is 2.24. The summed E-state index contributed by atoms with van der Waals surface area (Å²) in [4.78, 5) is 6.47. The predicted octanol–water partition coefficient (Wildman–Crippen LogP) is 1.08. The van der Waals surface area contributed by atoms with Crippen molar-refractivity contribution >= 4 is 11.8 Å². The highest BCUT2D eigenvalue weighted by Gasteiger charge is 2.20. The molecule has 0 atom stereocenters. The van der Waals surface area contributed by atoms with Gasteiger partial charge < -0.3 is 10.6 Å². The van der Waals surface area contributed by atoms with Gasteiger partial charge in [-0.05, 0) is 20.3 Å². The van der Waals surface area contributed by atoms with Gasteiger partial charge in [0.15, 0.2) is 0 Å². The normalized spacial score (nSPS) is 16.4. The van der Waals surface area contributed by atoms with E-state index < -0.39 is 0 Å². The molecule has 0 saturated heterocycles. The van der Waals surface area contributed by atoms with Crippen LogP contribution in [0.3, 0.4) is 0 Å². The molecule has 4 heteroatoms. The highest BCUT2D eigenvalue weighted by molar-refractivity contribution is 5.46. The van der Waals surface area contributed by atoms with Gasteiger partial charge in [-0.3, -0.25) is 4.57 Å². The Hall–Kier alpha value is -1.19. The number of imidazole rings is 1. The first-order chi connectivity index (χ1) is 6.20. The van der Waals surface area contributed by atoms with Gasteiger partial charge in [0.05, 0.1) is 6.20 Å². The number of nitrogens with two attached hydrogens (primary N) is 1. The molecule has 2 heterocycles. The average molecular weight is 180 g/mol. The summed E-state index contributed by atoms with van der Waals surface area (Å²) in [7, 11) is 0. The number of anilines is 2. The van der Waals surface area contributed by atoms with E-state index in [1.54, 1.807) is 0 Å². The summed E-state index contributed by atoms with van der Waals surface area (Å²) in [5.41, 5.74) is 5.75. The van der Waals surface area contributed by atoms with Gasteiger partial charge in [-0.2, -0.15) is 0 Å². The Kier molecular flexibility index (Phi) is 1.90. The largest absolute Gasteiger partial charge is 0.369 e.